The Labute approximate surface area is 161 Å². The summed E-state index contributed by atoms with van der Waals surface area (Å²) in [6.07, 6.45) is -0.331. The number of piperazine rings is 1. The summed E-state index contributed by atoms with van der Waals surface area (Å²) in [4.78, 5) is 17.3. The molecule has 1 fully saturated rings. The Morgan fingerprint density at radius 3 is 2.41 bits per heavy atom. The lowest BCUT2D eigenvalue weighted by molar-refractivity contribution is 0.0541. The summed E-state index contributed by atoms with van der Waals surface area (Å²) in [5, 5.41) is 10.1. The van der Waals surface area contributed by atoms with Crippen LogP contribution >= 0.6 is 0 Å². The Balaban J connectivity index is 1.72. The van der Waals surface area contributed by atoms with Gasteiger partial charge in [-0.15, -0.1) is 0 Å². The number of aliphatic hydroxyl groups excluding tert-OH is 1. The van der Waals surface area contributed by atoms with E-state index in [9.17, 15) is 4.79 Å². The van der Waals surface area contributed by atoms with Crippen LogP contribution in [0.1, 0.15) is 32.0 Å². The summed E-state index contributed by atoms with van der Waals surface area (Å²) in [6.45, 7) is 13.5. The average molecular weight is 373 g/mol. The lowest BCUT2D eigenvalue weighted by Gasteiger charge is -2.34. The standard InChI is InChI=1S/C21H31N3O3/c1-16-13-18-14-17(15-23-9-7-22(8-10-23)11-12-25)5-6-19(18)24(16)20(26)27-21(2,3)4/h5-6,13-14,25H,7-12,15H2,1-4H3. The van der Waals surface area contributed by atoms with Gasteiger partial charge in [0.15, 0.2) is 0 Å². The molecule has 6 nitrogen and oxygen atoms in total. The fraction of sp³-hybridized carbons (Fsp3) is 0.571. The van der Waals surface area contributed by atoms with Crippen molar-refractivity contribution in [1.82, 2.24) is 14.4 Å². The van der Waals surface area contributed by atoms with Gasteiger partial charge in [0.2, 0.25) is 0 Å². The molecule has 0 spiro atoms. The molecule has 0 aliphatic carbocycles. The van der Waals surface area contributed by atoms with E-state index in [4.69, 9.17) is 9.84 Å². The molecule has 3 rings (SSSR count). The van der Waals surface area contributed by atoms with Crippen LogP contribution in [-0.4, -0.2) is 70.5 Å². The van der Waals surface area contributed by atoms with E-state index in [2.05, 4.69) is 21.9 Å². The Hall–Kier alpha value is -1.89. The minimum absolute atomic E-state index is 0.227. The first-order chi connectivity index (χ1) is 12.8. The van der Waals surface area contributed by atoms with Gasteiger partial charge in [-0.2, -0.15) is 0 Å². The van der Waals surface area contributed by atoms with Crippen molar-refractivity contribution in [2.45, 2.75) is 39.8 Å². The first kappa shape index (κ1) is 19.9. The summed E-state index contributed by atoms with van der Waals surface area (Å²) >= 11 is 0. The van der Waals surface area contributed by atoms with Crippen LogP contribution in [0.2, 0.25) is 0 Å². The molecule has 27 heavy (non-hydrogen) atoms. The maximum absolute atomic E-state index is 12.6. The van der Waals surface area contributed by atoms with E-state index < -0.39 is 5.60 Å². The molecule has 148 valence electrons. The Bertz CT molecular complexity index is 799. The molecule has 1 saturated heterocycles. The van der Waals surface area contributed by atoms with Gasteiger partial charge in [0.1, 0.15) is 5.60 Å². The van der Waals surface area contributed by atoms with E-state index in [1.165, 1.54) is 5.56 Å². The highest BCUT2D eigenvalue weighted by Gasteiger charge is 2.21. The zero-order chi connectivity index (χ0) is 19.6. The Morgan fingerprint density at radius 1 is 1.11 bits per heavy atom. The van der Waals surface area contributed by atoms with Gasteiger partial charge >= 0.3 is 6.09 Å². The highest BCUT2D eigenvalue weighted by Crippen LogP contribution is 2.23. The third-order valence-corrected chi connectivity index (χ3v) is 4.91. The van der Waals surface area contributed by atoms with E-state index in [1.54, 1.807) is 4.57 Å². The fourth-order valence-electron chi connectivity index (χ4n) is 3.62. The molecule has 2 heterocycles. The molecule has 6 heteroatoms. The largest absolute Gasteiger partial charge is 0.443 e. The second kappa shape index (κ2) is 8.00. The normalized spacial score (nSPS) is 16.8. The van der Waals surface area contributed by atoms with Crippen molar-refractivity contribution in [3.8, 4) is 0 Å². The molecule has 2 aromatic rings. The molecule has 0 saturated carbocycles. The van der Waals surface area contributed by atoms with Crippen LogP contribution < -0.4 is 0 Å². The highest BCUT2D eigenvalue weighted by molar-refractivity contribution is 5.91. The SMILES string of the molecule is Cc1cc2cc(CN3CCN(CCO)CC3)ccc2n1C(=O)OC(C)(C)C. The van der Waals surface area contributed by atoms with E-state index in [-0.39, 0.29) is 12.7 Å². The number of hydrogen-bond acceptors (Lipinski definition) is 5. The number of hydrogen-bond donors (Lipinski definition) is 1. The molecule has 1 aromatic carbocycles. The van der Waals surface area contributed by atoms with Crippen LogP contribution in [-0.2, 0) is 11.3 Å². The predicted molar refractivity (Wildman–Crippen MR) is 107 cm³/mol. The van der Waals surface area contributed by atoms with Crippen LogP contribution in [0.15, 0.2) is 24.3 Å². The van der Waals surface area contributed by atoms with Gasteiger partial charge in [-0.25, -0.2) is 9.36 Å². The zero-order valence-corrected chi connectivity index (χ0v) is 16.9. The molecule has 1 aliphatic heterocycles. The van der Waals surface area contributed by atoms with Crippen LogP contribution in [0.5, 0.6) is 0 Å². The number of benzene rings is 1. The third kappa shape index (κ3) is 4.89. The number of aromatic nitrogens is 1. The minimum atomic E-state index is -0.516. The third-order valence-electron chi connectivity index (χ3n) is 4.91. The molecule has 1 N–H and O–H groups in total. The van der Waals surface area contributed by atoms with Crippen LogP contribution in [0.4, 0.5) is 4.79 Å². The van der Waals surface area contributed by atoms with Crippen LogP contribution in [0.25, 0.3) is 10.9 Å². The molecule has 0 amide bonds. The highest BCUT2D eigenvalue weighted by atomic mass is 16.6. The number of aryl methyl sites for hydroxylation is 1. The molecule has 0 unspecified atom stereocenters. The number of β-amino-alcohol motifs (C(OH)–C–C–N with tert-alkyl or cyclic N) is 1. The first-order valence-electron chi connectivity index (χ1n) is 9.67. The summed E-state index contributed by atoms with van der Waals surface area (Å²) in [5.41, 5.74) is 2.50. The maximum Gasteiger partial charge on any atom is 0.419 e. The van der Waals surface area contributed by atoms with Crippen molar-refractivity contribution < 1.29 is 14.6 Å². The molecule has 1 aromatic heterocycles. The predicted octanol–water partition coefficient (Wildman–Crippen LogP) is 2.84. The summed E-state index contributed by atoms with van der Waals surface area (Å²) < 4.78 is 7.20. The summed E-state index contributed by atoms with van der Waals surface area (Å²) in [5.74, 6) is 0. The minimum Gasteiger partial charge on any atom is -0.443 e. The fourth-order valence-corrected chi connectivity index (χ4v) is 3.62. The van der Waals surface area contributed by atoms with Crippen molar-refractivity contribution in [3.05, 3.63) is 35.5 Å². The molecule has 0 radical (unpaired) electrons. The lowest BCUT2D eigenvalue weighted by Crippen LogP contribution is -2.46. The van der Waals surface area contributed by atoms with Gasteiger partial charge in [-0.1, -0.05) is 6.07 Å². The number of rotatable bonds is 4. The van der Waals surface area contributed by atoms with Crippen molar-refractivity contribution in [2.24, 2.45) is 0 Å². The number of carbonyl (C=O) groups excluding carboxylic acids is 1. The van der Waals surface area contributed by atoms with Crippen molar-refractivity contribution in [1.29, 1.82) is 0 Å². The van der Waals surface area contributed by atoms with Gasteiger partial charge in [-0.05, 0) is 51.5 Å². The van der Waals surface area contributed by atoms with Crippen LogP contribution in [0.3, 0.4) is 0 Å². The summed E-state index contributed by atoms with van der Waals surface area (Å²) in [7, 11) is 0. The Morgan fingerprint density at radius 2 is 1.78 bits per heavy atom. The monoisotopic (exact) mass is 373 g/mol. The molecule has 0 bridgehead atoms. The Kier molecular flexibility index (Phi) is 5.89. The van der Waals surface area contributed by atoms with E-state index in [0.717, 1.165) is 55.9 Å². The van der Waals surface area contributed by atoms with Crippen molar-refractivity contribution in [2.75, 3.05) is 39.3 Å². The molecule has 0 atom stereocenters. The smallest absolute Gasteiger partial charge is 0.419 e. The van der Waals surface area contributed by atoms with Gasteiger partial charge < -0.3 is 9.84 Å². The summed E-state index contributed by atoms with van der Waals surface area (Å²) in [6, 6.07) is 8.33. The van der Waals surface area contributed by atoms with Gasteiger partial charge in [0.05, 0.1) is 12.1 Å². The lowest BCUT2D eigenvalue weighted by atomic mass is 10.1. The second-order valence-electron chi connectivity index (χ2n) is 8.34. The number of aliphatic hydroxyl groups is 1. The molecule has 1 aliphatic rings. The van der Waals surface area contributed by atoms with E-state index >= 15 is 0 Å². The number of ether oxygens (including phenoxy) is 1. The van der Waals surface area contributed by atoms with Crippen LogP contribution in [0, 0.1) is 6.92 Å². The number of carbonyl (C=O) groups is 1. The van der Waals surface area contributed by atoms with E-state index in [1.807, 2.05) is 39.8 Å². The maximum atomic E-state index is 12.6. The van der Waals surface area contributed by atoms with Crippen molar-refractivity contribution in [3.63, 3.8) is 0 Å². The first-order valence-corrected chi connectivity index (χ1v) is 9.67. The van der Waals surface area contributed by atoms with Gasteiger partial charge in [-0.3, -0.25) is 9.80 Å². The number of fused-ring (bicyclic) bond motifs is 1. The van der Waals surface area contributed by atoms with E-state index in [0.29, 0.717) is 0 Å². The second-order valence-corrected chi connectivity index (χ2v) is 8.34. The van der Waals surface area contributed by atoms with Crippen molar-refractivity contribution >= 4 is 17.0 Å². The van der Waals surface area contributed by atoms with Gasteiger partial charge in [0, 0.05) is 50.3 Å². The zero-order valence-electron chi connectivity index (χ0n) is 16.9. The number of nitrogens with zero attached hydrogens (tertiary/aromatic N) is 3. The topological polar surface area (TPSA) is 57.9 Å². The molecular formula is C21H31N3O3. The average Bonchev–Trinajstić information content (AvgIpc) is 2.90. The quantitative estimate of drug-likeness (QED) is 0.893. The van der Waals surface area contributed by atoms with Gasteiger partial charge in [0.25, 0.3) is 0 Å². The molecular weight excluding hydrogens is 342 g/mol.